The normalized spacial score (nSPS) is 31.9. The first-order valence-corrected chi connectivity index (χ1v) is 10.7. The van der Waals surface area contributed by atoms with Gasteiger partial charge in [0.2, 0.25) is 0 Å². The predicted molar refractivity (Wildman–Crippen MR) is 114 cm³/mol. The molecule has 1 fully saturated rings. The molecule has 3 heteroatoms. The molecular weight excluding hydrogens is 346 g/mol. The Labute approximate surface area is 168 Å². The van der Waals surface area contributed by atoms with Crippen molar-refractivity contribution in [2.24, 2.45) is 22.7 Å². The van der Waals surface area contributed by atoms with Crippen molar-refractivity contribution in [2.45, 2.75) is 66.4 Å². The number of carbonyl (C=O) groups is 1. The maximum absolute atomic E-state index is 11.6. The quantitative estimate of drug-likeness (QED) is 0.521. The van der Waals surface area contributed by atoms with Gasteiger partial charge in [0.05, 0.1) is 0 Å². The first-order valence-electron chi connectivity index (χ1n) is 10.7. The second kappa shape index (κ2) is 6.79. The molecule has 28 heavy (non-hydrogen) atoms. The first-order chi connectivity index (χ1) is 13.2. The largest absolute Gasteiger partial charge is 0.462 e. The van der Waals surface area contributed by atoms with Gasteiger partial charge in [0, 0.05) is 35.9 Å². The second-order valence-electron chi connectivity index (χ2n) is 9.80. The lowest BCUT2D eigenvalue weighted by Crippen LogP contribution is -2.50. The third-order valence-corrected chi connectivity index (χ3v) is 7.83. The molecule has 2 aliphatic rings. The van der Waals surface area contributed by atoms with Crippen LogP contribution in [0.2, 0.25) is 0 Å². The van der Waals surface area contributed by atoms with Gasteiger partial charge in [-0.1, -0.05) is 57.5 Å². The van der Waals surface area contributed by atoms with E-state index >= 15 is 0 Å². The van der Waals surface area contributed by atoms with Crippen LogP contribution in [0, 0.1) is 22.7 Å². The molecule has 3 nitrogen and oxygen atoms in total. The summed E-state index contributed by atoms with van der Waals surface area (Å²) in [7, 11) is 0. The molecule has 0 radical (unpaired) electrons. The van der Waals surface area contributed by atoms with Crippen LogP contribution in [0.5, 0.6) is 0 Å². The van der Waals surface area contributed by atoms with Crippen molar-refractivity contribution < 1.29 is 9.53 Å². The number of rotatable bonds is 3. The Kier molecular flexibility index (Phi) is 4.68. The zero-order valence-electron chi connectivity index (χ0n) is 17.8. The Balaban J connectivity index is 1.71. The van der Waals surface area contributed by atoms with Crippen molar-refractivity contribution >= 4 is 16.9 Å². The molecule has 1 heterocycles. The van der Waals surface area contributed by atoms with E-state index in [9.17, 15) is 4.79 Å². The zero-order valence-corrected chi connectivity index (χ0v) is 17.8. The molecule has 2 aliphatic carbocycles. The van der Waals surface area contributed by atoms with Gasteiger partial charge in [-0.25, -0.2) is 0 Å². The topological polar surface area (TPSA) is 42.1 Å². The Morgan fingerprint density at radius 2 is 1.96 bits per heavy atom. The van der Waals surface area contributed by atoms with Gasteiger partial charge < -0.3 is 9.72 Å². The molecule has 1 aromatic carbocycles. The van der Waals surface area contributed by atoms with Gasteiger partial charge in [0.15, 0.2) is 0 Å². The minimum Gasteiger partial charge on any atom is -0.462 e. The maximum atomic E-state index is 11.6. The predicted octanol–water partition coefficient (Wildman–Crippen LogP) is 6.05. The van der Waals surface area contributed by atoms with E-state index in [0.29, 0.717) is 11.8 Å². The number of para-hydroxylation sites is 1. The summed E-state index contributed by atoms with van der Waals surface area (Å²) in [5, 5.41) is 1.34. The number of hydrogen-bond donors (Lipinski definition) is 1. The molecule has 150 valence electrons. The summed E-state index contributed by atoms with van der Waals surface area (Å²) in [6.07, 6.45) is 8.86. The van der Waals surface area contributed by atoms with Gasteiger partial charge in [0.1, 0.15) is 6.10 Å². The number of fused-ring (bicyclic) bond motifs is 2. The van der Waals surface area contributed by atoms with E-state index in [0.717, 1.165) is 12.8 Å². The highest BCUT2D eigenvalue weighted by Gasteiger charge is 2.52. The number of nitrogens with one attached hydrogen (secondary N) is 1. The summed E-state index contributed by atoms with van der Waals surface area (Å²) < 4.78 is 5.73. The molecule has 0 amide bonds. The molecule has 1 saturated carbocycles. The van der Waals surface area contributed by atoms with Crippen LogP contribution in [0.4, 0.5) is 0 Å². The average Bonchev–Trinajstić information content (AvgIpc) is 3.03. The maximum Gasteiger partial charge on any atom is 0.302 e. The number of esters is 1. The molecule has 0 spiro atoms. The molecule has 0 saturated heterocycles. The van der Waals surface area contributed by atoms with E-state index in [4.69, 9.17) is 4.74 Å². The molecular formula is C25H33NO2. The Morgan fingerprint density at radius 3 is 2.71 bits per heavy atom. The van der Waals surface area contributed by atoms with Crippen LogP contribution in [0.1, 0.15) is 59.4 Å². The fraction of sp³-hybridized carbons (Fsp3) is 0.560. The summed E-state index contributed by atoms with van der Waals surface area (Å²) >= 11 is 0. The minimum atomic E-state index is -0.166. The Hall–Kier alpha value is -2.03. The molecule has 2 aromatic rings. The van der Waals surface area contributed by atoms with Gasteiger partial charge in [0.25, 0.3) is 0 Å². The number of aromatic amines is 1. The van der Waals surface area contributed by atoms with Crippen molar-refractivity contribution in [3.63, 3.8) is 0 Å². The molecule has 0 aliphatic heterocycles. The van der Waals surface area contributed by atoms with Crippen molar-refractivity contribution in [1.29, 1.82) is 0 Å². The SMILES string of the molecule is CC(=O)O[C@H]1CC=C2[C@H](CC[C@@H](C)[C@]2(C)Cc2c[nH]c3ccccc23)C1(C)C. The monoisotopic (exact) mass is 379 g/mol. The number of H-pyrrole nitrogens is 1. The fourth-order valence-corrected chi connectivity index (χ4v) is 5.83. The highest BCUT2D eigenvalue weighted by Crippen LogP contribution is 2.58. The van der Waals surface area contributed by atoms with Crippen molar-refractivity contribution in [2.75, 3.05) is 0 Å². The standard InChI is InChI=1S/C25H33NO2/c1-16-10-11-20-21(12-13-23(24(20,3)4)28-17(2)27)25(16,5)14-18-15-26-22-9-7-6-8-19(18)22/h6-9,12,15-16,20,23,26H,10-11,13-14H2,1-5H3/t16-,20+,23+,25+/m1/s1. The summed E-state index contributed by atoms with van der Waals surface area (Å²) in [4.78, 5) is 15.1. The summed E-state index contributed by atoms with van der Waals surface area (Å²) in [5.41, 5.74) is 4.31. The van der Waals surface area contributed by atoms with E-state index in [2.05, 4.69) is 69.2 Å². The molecule has 4 atom stereocenters. The van der Waals surface area contributed by atoms with Crippen LogP contribution in [0.25, 0.3) is 10.9 Å². The van der Waals surface area contributed by atoms with Gasteiger partial charge in [-0.05, 0) is 48.1 Å². The summed E-state index contributed by atoms with van der Waals surface area (Å²) in [6, 6.07) is 8.60. The highest BCUT2D eigenvalue weighted by molar-refractivity contribution is 5.83. The number of hydrogen-bond acceptors (Lipinski definition) is 2. The van der Waals surface area contributed by atoms with Crippen LogP contribution < -0.4 is 0 Å². The lowest BCUT2D eigenvalue weighted by molar-refractivity contribution is -0.156. The van der Waals surface area contributed by atoms with E-state index in [1.54, 1.807) is 5.57 Å². The smallest absolute Gasteiger partial charge is 0.302 e. The number of carbonyl (C=O) groups excluding carboxylic acids is 1. The van der Waals surface area contributed by atoms with Crippen LogP contribution >= 0.6 is 0 Å². The van der Waals surface area contributed by atoms with E-state index < -0.39 is 0 Å². The lowest BCUT2D eigenvalue weighted by Gasteiger charge is -2.54. The van der Waals surface area contributed by atoms with Crippen molar-refractivity contribution in [3.8, 4) is 0 Å². The van der Waals surface area contributed by atoms with Gasteiger partial charge in [-0.3, -0.25) is 4.79 Å². The lowest BCUT2D eigenvalue weighted by atomic mass is 9.51. The number of allylic oxidation sites excluding steroid dienone is 1. The van der Waals surface area contributed by atoms with Gasteiger partial charge in [-0.15, -0.1) is 0 Å². The summed E-state index contributed by atoms with van der Waals surface area (Å²) in [6.45, 7) is 11.0. The molecule has 0 unspecified atom stereocenters. The van der Waals surface area contributed by atoms with Crippen molar-refractivity contribution in [1.82, 2.24) is 4.98 Å². The Morgan fingerprint density at radius 1 is 1.21 bits per heavy atom. The average molecular weight is 380 g/mol. The van der Waals surface area contributed by atoms with E-state index in [1.807, 2.05) is 0 Å². The van der Waals surface area contributed by atoms with Gasteiger partial charge >= 0.3 is 5.97 Å². The first kappa shape index (κ1) is 19.3. The zero-order chi connectivity index (χ0) is 20.1. The van der Waals surface area contributed by atoms with E-state index in [-0.39, 0.29) is 22.9 Å². The fourth-order valence-electron chi connectivity index (χ4n) is 5.83. The molecule has 1 aromatic heterocycles. The van der Waals surface area contributed by atoms with Gasteiger partial charge in [-0.2, -0.15) is 0 Å². The summed E-state index contributed by atoms with van der Waals surface area (Å²) in [5.74, 6) is 0.933. The molecule has 0 bridgehead atoms. The minimum absolute atomic E-state index is 0.0236. The number of aromatic nitrogens is 1. The highest BCUT2D eigenvalue weighted by atomic mass is 16.5. The number of ether oxygens (including phenoxy) is 1. The molecule has 1 N–H and O–H groups in total. The van der Waals surface area contributed by atoms with Crippen LogP contribution in [-0.4, -0.2) is 17.1 Å². The molecule has 4 rings (SSSR count). The third kappa shape index (κ3) is 3.00. The van der Waals surface area contributed by atoms with E-state index in [1.165, 1.54) is 36.2 Å². The van der Waals surface area contributed by atoms with Crippen LogP contribution in [0.15, 0.2) is 42.1 Å². The Bertz CT molecular complexity index is 922. The van der Waals surface area contributed by atoms with Crippen molar-refractivity contribution in [3.05, 3.63) is 47.7 Å². The van der Waals surface area contributed by atoms with Crippen LogP contribution in [0.3, 0.4) is 0 Å². The number of benzene rings is 1. The second-order valence-corrected chi connectivity index (χ2v) is 9.80. The van der Waals surface area contributed by atoms with Crippen LogP contribution in [-0.2, 0) is 16.0 Å². The third-order valence-electron chi connectivity index (χ3n) is 7.83.